The summed E-state index contributed by atoms with van der Waals surface area (Å²) in [4.78, 5) is 26.5. The number of hydrogen-bond acceptors (Lipinski definition) is 5. The highest BCUT2D eigenvalue weighted by Gasteiger charge is 2.25. The van der Waals surface area contributed by atoms with Gasteiger partial charge < -0.3 is 24.4 Å². The van der Waals surface area contributed by atoms with E-state index in [1.807, 2.05) is 60.7 Å². The van der Waals surface area contributed by atoms with Gasteiger partial charge in [0.15, 0.2) is 6.61 Å². The third-order valence-electron chi connectivity index (χ3n) is 5.06. The molecule has 4 rings (SSSR count). The van der Waals surface area contributed by atoms with Gasteiger partial charge in [0.2, 0.25) is 5.91 Å². The number of fused-ring (bicyclic) bond motifs is 1. The average molecular weight is 447 g/mol. The zero-order valence-electron chi connectivity index (χ0n) is 18.2. The number of carbonyl (C=O) groups is 2. The minimum atomic E-state index is -0.170. The van der Waals surface area contributed by atoms with Crippen LogP contribution >= 0.6 is 0 Å². The Morgan fingerprint density at radius 1 is 0.909 bits per heavy atom. The molecule has 7 heteroatoms. The summed E-state index contributed by atoms with van der Waals surface area (Å²) in [6.45, 7) is 1.25. The van der Waals surface area contributed by atoms with E-state index in [0.29, 0.717) is 36.7 Å². The van der Waals surface area contributed by atoms with Gasteiger partial charge in [-0.3, -0.25) is 9.59 Å². The Labute approximate surface area is 192 Å². The molecular formula is C26H26N2O5. The lowest BCUT2D eigenvalue weighted by Gasteiger charge is -2.30. The van der Waals surface area contributed by atoms with Crippen LogP contribution in [0.25, 0.3) is 0 Å². The van der Waals surface area contributed by atoms with Crippen LogP contribution in [0.15, 0.2) is 78.9 Å². The predicted molar refractivity (Wildman–Crippen MR) is 126 cm³/mol. The summed E-state index contributed by atoms with van der Waals surface area (Å²) in [6.07, 6.45) is 0.870. The molecule has 2 amide bonds. The highest BCUT2D eigenvalue weighted by Crippen LogP contribution is 2.34. The minimum absolute atomic E-state index is 0.00489. The van der Waals surface area contributed by atoms with Crippen molar-refractivity contribution in [3.05, 3.63) is 78.9 Å². The van der Waals surface area contributed by atoms with Crippen molar-refractivity contribution >= 4 is 23.2 Å². The Morgan fingerprint density at radius 3 is 2.27 bits per heavy atom. The van der Waals surface area contributed by atoms with Gasteiger partial charge in [-0.15, -0.1) is 0 Å². The van der Waals surface area contributed by atoms with E-state index in [1.54, 1.807) is 23.1 Å². The van der Waals surface area contributed by atoms with Crippen molar-refractivity contribution < 1.29 is 23.8 Å². The molecule has 0 aliphatic carbocycles. The van der Waals surface area contributed by atoms with Crippen LogP contribution in [-0.2, 0) is 9.59 Å². The number of hydrogen-bond donors (Lipinski definition) is 1. The summed E-state index contributed by atoms with van der Waals surface area (Å²) in [7, 11) is 0. The molecule has 1 aliphatic rings. The van der Waals surface area contributed by atoms with Crippen LogP contribution in [0, 0.1) is 0 Å². The summed E-state index contributed by atoms with van der Waals surface area (Å²) in [5, 5.41) is 2.87. The molecule has 0 saturated carbocycles. The first-order valence-corrected chi connectivity index (χ1v) is 10.9. The number of rotatable bonds is 10. The second-order valence-electron chi connectivity index (χ2n) is 7.49. The molecular weight excluding hydrogens is 420 g/mol. The lowest BCUT2D eigenvalue weighted by atomic mass is 10.2. The van der Waals surface area contributed by atoms with E-state index >= 15 is 0 Å². The molecule has 1 aliphatic heterocycles. The molecule has 170 valence electrons. The third-order valence-corrected chi connectivity index (χ3v) is 5.06. The molecule has 0 aromatic heterocycles. The molecule has 33 heavy (non-hydrogen) atoms. The van der Waals surface area contributed by atoms with E-state index in [2.05, 4.69) is 5.32 Å². The maximum absolute atomic E-state index is 12.5. The van der Waals surface area contributed by atoms with Gasteiger partial charge in [0.1, 0.15) is 17.2 Å². The monoisotopic (exact) mass is 446 g/mol. The van der Waals surface area contributed by atoms with Crippen LogP contribution in [0.2, 0.25) is 0 Å². The summed E-state index contributed by atoms with van der Waals surface area (Å²) in [5.41, 5.74) is 1.24. The second kappa shape index (κ2) is 11.0. The van der Waals surface area contributed by atoms with Crippen molar-refractivity contribution in [2.45, 2.75) is 12.8 Å². The highest BCUT2D eigenvalue weighted by molar-refractivity contribution is 5.99. The van der Waals surface area contributed by atoms with Crippen molar-refractivity contribution in [2.24, 2.45) is 0 Å². The number of benzene rings is 3. The van der Waals surface area contributed by atoms with E-state index in [4.69, 9.17) is 14.2 Å². The SMILES string of the molecule is O=C(CCOc1ccccc1)Nc1ccc2c(c1)N(CCCOc1ccccc1)C(=O)CO2. The van der Waals surface area contributed by atoms with Crippen LogP contribution in [-0.4, -0.2) is 38.2 Å². The third kappa shape index (κ3) is 6.26. The highest BCUT2D eigenvalue weighted by atomic mass is 16.5. The van der Waals surface area contributed by atoms with Crippen molar-refractivity contribution in [1.29, 1.82) is 0 Å². The fourth-order valence-electron chi connectivity index (χ4n) is 3.46. The smallest absolute Gasteiger partial charge is 0.265 e. The number of carbonyl (C=O) groups excluding carboxylic acids is 2. The first-order valence-electron chi connectivity index (χ1n) is 10.9. The summed E-state index contributed by atoms with van der Waals surface area (Å²) in [6, 6.07) is 24.2. The van der Waals surface area contributed by atoms with Gasteiger partial charge >= 0.3 is 0 Å². The van der Waals surface area contributed by atoms with Crippen molar-refractivity contribution in [3.8, 4) is 17.2 Å². The van der Waals surface area contributed by atoms with E-state index in [9.17, 15) is 9.59 Å². The van der Waals surface area contributed by atoms with Crippen LogP contribution in [0.5, 0.6) is 17.2 Å². The normalized spacial score (nSPS) is 12.5. The van der Waals surface area contributed by atoms with Crippen LogP contribution in [0.4, 0.5) is 11.4 Å². The topological polar surface area (TPSA) is 77.1 Å². The second-order valence-corrected chi connectivity index (χ2v) is 7.49. The minimum Gasteiger partial charge on any atom is -0.494 e. The zero-order valence-corrected chi connectivity index (χ0v) is 18.2. The maximum Gasteiger partial charge on any atom is 0.265 e. The predicted octanol–water partition coefficient (Wildman–Crippen LogP) is 4.29. The Balaban J connectivity index is 1.31. The van der Waals surface area contributed by atoms with E-state index < -0.39 is 0 Å². The molecule has 7 nitrogen and oxygen atoms in total. The standard InChI is InChI=1S/C26H26N2O5/c29-25(14-17-32-22-10-5-2-6-11-22)27-20-12-13-24-23(18-20)28(26(30)19-33-24)15-7-16-31-21-8-3-1-4-9-21/h1-6,8-13,18H,7,14-17,19H2,(H,27,29). The first kappa shape index (κ1) is 22.2. The Morgan fingerprint density at radius 2 is 1.58 bits per heavy atom. The van der Waals surface area contributed by atoms with E-state index in [0.717, 1.165) is 11.5 Å². The van der Waals surface area contributed by atoms with Crippen LogP contribution in [0.3, 0.4) is 0 Å². The molecule has 0 spiro atoms. The number of para-hydroxylation sites is 2. The summed E-state index contributed by atoms with van der Waals surface area (Å²) < 4.78 is 16.9. The van der Waals surface area contributed by atoms with Gasteiger partial charge in [0, 0.05) is 12.2 Å². The molecule has 1 N–H and O–H groups in total. The van der Waals surface area contributed by atoms with Gasteiger partial charge in [-0.25, -0.2) is 0 Å². The van der Waals surface area contributed by atoms with Crippen molar-refractivity contribution in [3.63, 3.8) is 0 Å². The van der Waals surface area contributed by atoms with Gasteiger partial charge in [-0.2, -0.15) is 0 Å². The number of anilines is 2. The summed E-state index contributed by atoms with van der Waals surface area (Å²) >= 11 is 0. The molecule has 0 atom stereocenters. The van der Waals surface area contributed by atoms with Gasteiger partial charge in [0.25, 0.3) is 5.91 Å². The molecule has 0 radical (unpaired) electrons. The number of amides is 2. The van der Waals surface area contributed by atoms with Crippen LogP contribution < -0.4 is 24.4 Å². The molecule has 0 saturated heterocycles. The number of nitrogens with one attached hydrogen (secondary N) is 1. The largest absolute Gasteiger partial charge is 0.494 e. The van der Waals surface area contributed by atoms with Crippen molar-refractivity contribution in [1.82, 2.24) is 0 Å². The maximum atomic E-state index is 12.5. The van der Waals surface area contributed by atoms with Gasteiger partial charge in [-0.05, 0) is 48.9 Å². The first-order chi connectivity index (χ1) is 16.2. The lowest BCUT2D eigenvalue weighted by Crippen LogP contribution is -2.39. The van der Waals surface area contributed by atoms with Crippen LogP contribution in [0.1, 0.15) is 12.8 Å². The van der Waals surface area contributed by atoms with Crippen molar-refractivity contribution in [2.75, 3.05) is 36.6 Å². The molecule has 0 bridgehead atoms. The fourth-order valence-corrected chi connectivity index (χ4v) is 3.46. The molecule has 0 fully saturated rings. The van der Waals surface area contributed by atoms with E-state index in [1.165, 1.54) is 0 Å². The van der Waals surface area contributed by atoms with Gasteiger partial charge in [0.05, 0.1) is 25.3 Å². The number of ether oxygens (including phenoxy) is 3. The molecule has 0 unspecified atom stereocenters. The van der Waals surface area contributed by atoms with E-state index in [-0.39, 0.29) is 31.4 Å². The molecule has 1 heterocycles. The molecule has 3 aromatic carbocycles. The molecule has 3 aromatic rings. The zero-order chi connectivity index (χ0) is 22.9. The van der Waals surface area contributed by atoms with Gasteiger partial charge in [-0.1, -0.05) is 36.4 Å². The quantitative estimate of drug-likeness (QED) is 0.470. The Bertz CT molecular complexity index is 1070. The average Bonchev–Trinajstić information content (AvgIpc) is 2.84. The fraction of sp³-hybridized carbons (Fsp3) is 0.231. The lowest BCUT2D eigenvalue weighted by molar-refractivity contribution is -0.121. The number of nitrogens with zero attached hydrogens (tertiary/aromatic N) is 1. The summed E-state index contributed by atoms with van der Waals surface area (Å²) in [5.74, 6) is 1.84. The Kier molecular flexibility index (Phi) is 7.43. The Hall–Kier alpha value is -4.00.